The molecule has 3 heterocycles. The van der Waals surface area contributed by atoms with E-state index in [1.807, 2.05) is 34.8 Å². The summed E-state index contributed by atoms with van der Waals surface area (Å²) >= 11 is 0. The number of pyridine rings is 1. The van der Waals surface area contributed by atoms with E-state index in [1.165, 1.54) is 0 Å². The molecule has 154 valence electrons. The van der Waals surface area contributed by atoms with Crippen molar-refractivity contribution in [1.82, 2.24) is 24.8 Å². The zero-order chi connectivity index (χ0) is 18.6. The average molecular weight is 436 g/mol. The Morgan fingerprint density at radius 1 is 1.14 bits per heavy atom. The zero-order valence-electron chi connectivity index (χ0n) is 15.9. The number of nitrogens with zero attached hydrogens (tertiary/aromatic N) is 4. The number of ether oxygens (including phenoxy) is 1. The summed E-state index contributed by atoms with van der Waals surface area (Å²) in [4.78, 5) is 23.4. The van der Waals surface area contributed by atoms with Crippen LogP contribution in [0.1, 0.15) is 22.2 Å². The highest BCUT2D eigenvalue weighted by atomic mass is 35.5. The summed E-state index contributed by atoms with van der Waals surface area (Å²) in [7, 11) is 1.95. The maximum Gasteiger partial charge on any atom is 0.254 e. The number of amides is 1. The Labute approximate surface area is 181 Å². The van der Waals surface area contributed by atoms with Gasteiger partial charge in [-0.3, -0.25) is 9.78 Å². The van der Waals surface area contributed by atoms with Crippen LogP contribution in [-0.4, -0.2) is 45.0 Å². The summed E-state index contributed by atoms with van der Waals surface area (Å²) in [5.41, 5.74) is 0.634. The number of aryl methyl sites for hydroxylation is 1. The molecule has 1 atom stereocenters. The lowest BCUT2D eigenvalue weighted by Crippen LogP contribution is -2.49. The monoisotopic (exact) mass is 435 g/mol. The Bertz CT molecular complexity index is 918. The number of carbonyl (C=O) groups excluding carboxylic acids is 1. The number of piperazine rings is 1. The number of halogens is 2. The van der Waals surface area contributed by atoms with E-state index in [9.17, 15) is 4.79 Å². The first kappa shape index (κ1) is 22.7. The van der Waals surface area contributed by atoms with Crippen LogP contribution >= 0.6 is 24.8 Å². The van der Waals surface area contributed by atoms with Gasteiger partial charge in [-0.1, -0.05) is 0 Å². The number of aromatic nitrogens is 3. The van der Waals surface area contributed by atoms with Crippen molar-refractivity contribution in [3.63, 3.8) is 0 Å². The molecule has 1 aromatic carbocycles. The van der Waals surface area contributed by atoms with E-state index in [4.69, 9.17) is 4.74 Å². The quantitative estimate of drug-likeness (QED) is 0.680. The summed E-state index contributed by atoms with van der Waals surface area (Å²) in [6.07, 6.45) is 7.01. The molecule has 2 aromatic heterocycles. The minimum Gasteiger partial charge on any atom is -0.456 e. The number of imidazole rings is 1. The molecule has 29 heavy (non-hydrogen) atoms. The number of rotatable bonds is 4. The Balaban J connectivity index is 0.00000150. The lowest BCUT2D eigenvalue weighted by Gasteiger charge is -2.35. The van der Waals surface area contributed by atoms with E-state index in [-0.39, 0.29) is 36.8 Å². The maximum absolute atomic E-state index is 13.1. The molecule has 1 aliphatic heterocycles. The second kappa shape index (κ2) is 10.2. The molecule has 7 nitrogen and oxygen atoms in total. The van der Waals surface area contributed by atoms with Crippen LogP contribution in [0.2, 0.25) is 0 Å². The second-order valence-electron chi connectivity index (χ2n) is 6.43. The van der Waals surface area contributed by atoms with Gasteiger partial charge in [0.15, 0.2) is 0 Å². The van der Waals surface area contributed by atoms with Gasteiger partial charge in [-0.05, 0) is 36.4 Å². The van der Waals surface area contributed by atoms with Crippen LogP contribution in [0.3, 0.4) is 0 Å². The molecule has 1 aliphatic rings. The largest absolute Gasteiger partial charge is 0.456 e. The lowest BCUT2D eigenvalue weighted by molar-refractivity contribution is 0.0621. The zero-order valence-corrected chi connectivity index (χ0v) is 17.5. The van der Waals surface area contributed by atoms with Gasteiger partial charge in [0.05, 0.1) is 6.20 Å². The minimum atomic E-state index is -0.0856. The molecule has 3 aromatic rings. The second-order valence-corrected chi connectivity index (χ2v) is 6.43. The number of hydrogen-bond donors (Lipinski definition) is 1. The van der Waals surface area contributed by atoms with Gasteiger partial charge < -0.3 is 19.5 Å². The summed E-state index contributed by atoms with van der Waals surface area (Å²) in [6.45, 7) is 2.11. The van der Waals surface area contributed by atoms with Gasteiger partial charge in [-0.15, -0.1) is 24.8 Å². The van der Waals surface area contributed by atoms with Gasteiger partial charge in [0.1, 0.15) is 23.4 Å². The van der Waals surface area contributed by atoms with Crippen LogP contribution in [0.25, 0.3) is 0 Å². The Morgan fingerprint density at radius 2 is 1.93 bits per heavy atom. The molecule has 0 aliphatic carbocycles. The minimum absolute atomic E-state index is 0. The molecule has 0 bridgehead atoms. The SMILES string of the molecule is Cl.Cl.Cn1ccnc1C1CNCCN1C(=O)c1ccc(Oc2cccnc2)cc1. The van der Waals surface area contributed by atoms with Crippen molar-refractivity contribution < 1.29 is 9.53 Å². The number of hydrogen-bond acceptors (Lipinski definition) is 5. The maximum atomic E-state index is 13.1. The number of nitrogens with one attached hydrogen (secondary N) is 1. The molecular formula is C20H23Cl2N5O2. The van der Waals surface area contributed by atoms with E-state index in [0.29, 0.717) is 30.2 Å². The molecule has 1 N–H and O–H groups in total. The third kappa shape index (κ3) is 5.06. The van der Waals surface area contributed by atoms with Crippen molar-refractivity contribution >= 4 is 30.7 Å². The topological polar surface area (TPSA) is 72.3 Å². The highest BCUT2D eigenvalue weighted by Gasteiger charge is 2.30. The fourth-order valence-electron chi connectivity index (χ4n) is 3.25. The van der Waals surface area contributed by atoms with Crippen molar-refractivity contribution in [2.45, 2.75) is 6.04 Å². The Morgan fingerprint density at radius 3 is 2.59 bits per heavy atom. The third-order valence-corrected chi connectivity index (χ3v) is 4.63. The van der Waals surface area contributed by atoms with E-state index in [2.05, 4.69) is 15.3 Å². The normalized spacial score (nSPS) is 15.8. The predicted molar refractivity (Wildman–Crippen MR) is 115 cm³/mol. The molecule has 1 unspecified atom stereocenters. The molecule has 0 spiro atoms. The van der Waals surface area contributed by atoms with E-state index >= 15 is 0 Å². The predicted octanol–water partition coefficient (Wildman–Crippen LogP) is 3.24. The van der Waals surface area contributed by atoms with Crippen molar-refractivity contribution in [1.29, 1.82) is 0 Å². The highest BCUT2D eigenvalue weighted by Crippen LogP contribution is 2.25. The van der Waals surface area contributed by atoms with E-state index in [1.54, 1.807) is 42.9 Å². The van der Waals surface area contributed by atoms with Crippen molar-refractivity contribution in [2.75, 3.05) is 19.6 Å². The first-order valence-electron chi connectivity index (χ1n) is 8.89. The summed E-state index contributed by atoms with van der Waals surface area (Å²) in [5, 5.41) is 3.35. The van der Waals surface area contributed by atoms with Crippen LogP contribution in [0, 0.1) is 0 Å². The fraction of sp³-hybridized carbons (Fsp3) is 0.250. The molecule has 1 saturated heterocycles. The molecule has 0 saturated carbocycles. The Hall–Kier alpha value is -2.61. The number of carbonyl (C=O) groups is 1. The van der Waals surface area contributed by atoms with Crippen molar-refractivity contribution in [3.05, 3.63) is 72.6 Å². The standard InChI is InChI=1S/C20H21N5O2.2ClH/c1-24-11-10-23-19(24)18-14-22-9-12-25(18)20(26)15-4-6-16(7-5-15)27-17-3-2-8-21-13-17;;/h2-8,10-11,13,18,22H,9,12,14H2,1H3;2*1H. The van der Waals surface area contributed by atoms with Crippen LogP contribution in [0.15, 0.2) is 61.2 Å². The lowest BCUT2D eigenvalue weighted by atomic mass is 10.1. The third-order valence-electron chi connectivity index (χ3n) is 4.63. The molecular weight excluding hydrogens is 413 g/mol. The van der Waals surface area contributed by atoms with Gasteiger partial charge in [0, 0.05) is 50.8 Å². The highest BCUT2D eigenvalue weighted by molar-refractivity contribution is 5.94. The molecule has 0 radical (unpaired) electrons. The summed E-state index contributed by atoms with van der Waals surface area (Å²) in [5.74, 6) is 2.21. The van der Waals surface area contributed by atoms with Gasteiger partial charge >= 0.3 is 0 Å². The van der Waals surface area contributed by atoms with Crippen LogP contribution < -0.4 is 10.1 Å². The number of benzene rings is 1. The fourth-order valence-corrected chi connectivity index (χ4v) is 3.25. The molecule has 1 amide bonds. The summed E-state index contributed by atoms with van der Waals surface area (Å²) < 4.78 is 7.70. The van der Waals surface area contributed by atoms with Crippen molar-refractivity contribution in [3.8, 4) is 11.5 Å². The van der Waals surface area contributed by atoms with E-state index in [0.717, 1.165) is 12.4 Å². The summed E-state index contributed by atoms with van der Waals surface area (Å²) in [6, 6.07) is 10.8. The van der Waals surface area contributed by atoms with Gasteiger partial charge in [0.2, 0.25) is 0 Å². The van der Waals surface area contributed by atoms with Crippen molar-refractivity contribution in [2.24, 2.45) is 7.05 Å². The smallest absolute Gasteiger partial charge is 0.254 e. The first-order valence-corrected chi connectivity index (χ1v) is 8.89. The van der Waals surface area contributed by atoms with Crippen LogP contribution in [0.5, 0.6) is 11.5 Å². The average Bonchev–Trinajstić information content (AvgIpc) is 3.14. The van der Waals surface area contributed by atoms with E-state index < -0.39 is 0 Å². The van der Waals surface area contributed by atoms with Gasteiger partial charge in [-0.2, -0.15) is 0 Å². The van der Waals surface area contributed by atoms with Crippen LogP contribution in [0.4, 0.5) is 0 Å². The van der Waals surface area contributed by atoms with Gasteiger partial charge in [-0.25, -0.2) is 4.98 Å². The molecule has 9 heteroatoms. The Kier molecular flexibility index (Phi) is 8.01. The molecule has 1 fully saturated rings. The van der Waals surface area contributed by atoms with Gasteiger partial charge in [0.25, 0.3) is 5.91 Å². The molecule has 4 rings (SSSR count). The van der Waals surface area contributed by atoms with Crippen LogP contribution in [-0.2, 0) is 7.05 Å². The first-order chi connectivity index (χ1) is 13.2.